The predicted octanol–water partition coefficient (Wildman–Crippen LogP) is 0.719. The SMILES string of the molecule is CCN(CC)C(C(N)=O)c1ccc(N)c(N)c1. The van der Waals surface area contributed by atoms with Gasteiger partial charge in [0, 0.05) is 0 Å². The number of hydrogen-bond acceptors (Lipinski definition) is 4. The van der Waals surface area contributed by atoms with Crippen LogP contribution in [-0.2, 0) is 4.79 Å². The Hall–Kier alpha value is -1.75. The molecule has 0 radical (unpaired) electrons. The van der Waals surface area contributed by atoms with E-state index in [1.807, 2.05) is 18.7 Å². The molecule has 0 aliphatic heterocycles. The predicted molar refractivity (Wildman–Crippen MR) is 70.1 cm³/mol. The number of carbonyl (C=O) groups is 1. The first kappa shape index (κ1) is 13.3. The molecule has 5 nitrogen and oxygen atoms in total. The van der Waals surface area contributed by atoms with Crippen molar-refractivity contribution in [2.24, 2.45) is 5.73 Å². The molecule has 0 aliphatic rings. The van der Waals surface area contributed by atoms with Crippen LogP contribution in [0.15, 0.2) is 18.2 Å². The lowest BCUT2D eigenvalue weighted by atomic mass is 10.0. The summed E-state index contributed by atoms with van der Waals surface area (Å²) in [5.74, 6) is -0.377. The fourth-order valence-electron chi connectivity index (χ4n) is 1.91. The van der Waals surface area contributed by atoms with Crippen LogP contribution in [0.2, 0.25) is 0 Å². The number of benzene rings is 1. The van der Waals surface area contributed by atoms with E-state index in [9.17, 15) is 4.79 Å². The van der Waals surface area contributed by atoms with Crippen LogP contribution < -0.4 is 17.2 Å². The zero-order valence-electron chi connectivity index (χ0n) is 10.3. The van der Waals surface area contributed by atoms with Crippen LogP contribution in [0, 0.1) is 0 Å². The van der Waals surface area contributed by atoms with Gasteiger partial charge in [-0.1, -0.05) is 19.9 Å². The normalized spacial score (nSPS) is 12.6. The number of nitrogen functional groups attached to an aromatic ring is 2. The van der Waals surface area contributed by atoms with E-state index in [2.05, 4.69) is 0 Å². The topological polar surface area (TPSA) is 98.4 Å². The maximum atomic E-state index is 11.6. The molecule has 1 aromatic rings. The van der Waals surface area contributed by atoms with Crippen molar-refractivity contribution in [1.29, 1.82) is 0 Å². The van der Waals surface area contributed by atoms with E-state index in [-0.39, 0.29) is 5.91 Å². The second kappa shape index (κ2) is 5.54. The number of anilines is 2. The molecule has 0 aliphatic carbocycles. The van der Waals surface area contributed by atoms with Gasteiger partial charge in [0.25, 0.3) is 0 Å². The van der Waals surface area contributed by atoms with E-state index in [0.717, 1.165) is 18.7 Å². The maximum Gasteiger partial charge on any atom is 0.239 e. The van der Waals surface area contributed by atoms with Crippen molar-refractivity contribution in [2.75, 3.05) is 24.6 Å². The summed E-state index contributed by atoms with van der Waals surface area (Å²) in [5.41, 5.74) is 18.6. The van der Waals surface area contributed by atoms with Gasteiger partial charge >= 0.3 is 0 Å². The number of likely N-dealkylation sites (N-methyl/N-ethyl adjacent to an activating group) is 1. The first-order valence-electron chi connectivity index (χ1n) is 5.69. The third kappa shape index (κ3) is 2.88. The number of amides is 1. The number of nitrogens with two attached hydrogens (primary N) is 3. The molecule has 0 saturated heterocycles. The van der Waals surface area contributed by atoms with Gasteiger partial charge in [-0.25, -0.2) is 0 Å². The van der Waals surface area contributed by atoms with Crippen LogP contribution in [0.1, 0.15) is 25.5 Å². The highest BCUT2D eigenvalue weighted by molar-refractivity contribution is 5.82. The van der Waals surface area contributed by atoms with Crippen molar-refractivity contribution < 1.29 is 4.79 Å². The summed E-state index contributed by atoms with van der Waals surface area (Å²) in [5, 5.41) is 0. The minimum atomic E-state index is -0.451. The van der Waals surface area contributed by atoms with Gasteiger partial charge in [0.05, 0.1) is 11.4 Å². The van der Waals surface area contributed by atoms with Crippen molar-refractivity contribution >= 4 is 17.3 Å². The summed E-state index contributed by atoms with van der Waals surface area (Å²) in [6.45, 7) is 5.46. The quantitative estimate of drug-likeness (QED) is 0.656. The highest BCUT2D eigenvalue weighted by atomic mass is 16.1. The molecule has 0 bridgehead atoms. The zero-order valence-corrected chi connectivity index (χ0v) is 10.3. The lowest BCUT2D eigenvalue weighted by molar-refractivity contribution is -0.123. The molecule has 1 rings (SSSR count). The van der Waals surface area contributed by atoms with Crippen LogP contribution in [0.4, 0.5) is 11.4 Å². The molecule has 0 spiro atoms. The Morgan fingerprint density at radius 3 is 2.24 bits per heavy atom. The lowest BCUT2D eigenvalue weighted by Gasteiger charge is -2.27. The Balaban J connectivity index is 3.13. The zero-order chi connectivity index (χ0) is 13.0. The van der Waals surface area contributed by atoms with Crippen LogP contribution >= 0.6 is 0 Å². The van der Waals surface area contributed by atoms with Gasteiger partial charge in [-0.3, -0.25) is 9.69 Å². The summed E-state index contributed by atoms with van der Waals surface area (Å²) < 4.78 is 0. The molecule has 0 saturated carbocycles. The second-order valence-electron chi connectivity index (χ2n) is 3.91. The molecule has 6 N–H and O–H groups in total. The third-order valence-corrected chi connectivity index (χ3v) is 2.87. The first-order valence-corrected chi connectivity index (χ1v) is 5.69. The van der Waals surface area contributed by atoms with Crippen LogP contribution in [0.3, 0.4) is 0 Å². The van der Waals surface area contributed by atoms with Gasteiger partial charge in [0.2, 0.25) is 5.91 Å². The highest BCUT2D eigenvalue weighted by Crippen LogP contribution is 2.25. The largest absolute Gasteiger partial charge is 0.397 e. The lowest BCUT2D eigenvalue weighted by Crippen LogP contribution is -2.37. The van der Waals surface area contributed by atoms with E-state index in [1.165, 1.54) is 0 Å². The summed E-state index contributed by atoms with van der Waals surface area (Å²) in [6.07, 6.45) is 0. The van der Waals surface area contributed by atoms with Crippen molar-refractivity contribution in [3.63, 3.8) is 0 Å². The number of rotatable bonds is 5. The molecule has 94 valence electrons. The van der Waals surface area contributed by atoms with Gasteiger partial charge in [0.1, 0.15) is 6.04 Å². The average molecular weight is 236 g/mol. The van der Waals surface area contributed by atoms with Crippen LogP contribution in [0.25, 0.3) is 0 Å². The Kier molecular flexibility index (Phi) is 4.34. The molecule has 1 atom stereocenters. The molecule has 0 aromatic heterocycles. The fourth-order valence-corrected chi connectivity index (χ4v) is 1.91. The molecule has 5 heteroatoms. The summed E-state index contributed by atoms with van der Waals surface area (Å²) in [4.78, 5) is 13.5. The Bertz CT molecular complexity index is 401. The molecule has 0 heterocycles. The summed E-state index contributed by atoms with van der Waals surface area (Å²) in [6, 6.07) is 4.75. The number of hydrogen-bond donors (Lipinski definition) is 3. The molecule has 1 unspecified atom stereocenters. The minimum absolute atomic E-state index is 0.377. The highest BCUT2D eigenvalue weighted by Gasteiger charge is 2.23. The third-order valence-electron chi connectivity index (χ3n) is 2.87. The minimum Gasteiger partial charge on any atom is -0.397 e. The number of primary amides is 1. The molecule has 1 amide bonds. The number of carbonyl (C=O) groups excluding carboxylic acids is 1. The van der Waals surface area contributed by atoms with Crippen LogP contribution in [-0.4, -0.2) is 23.9 Å². The Morgan fingerprint density at radius 1 is 1.24 bits per heavy atom. The van der Waals surface area contributed by atoms with Crippen molar-refractivity contribution in [3.8, 4) is 0 Å². The average Bonchev–Trinajstić information content (AvgIpc) is 2.29. The summed E-state index contributed by atoms with van der Waals surface area (Å²) in [7, 11) is 0. The van der Waals surface area contributed by atoms with Crippen LogP contribution in [0.5, 0.6) is 0 Å². The molecular weight excluding hydrogens is 216 g/mol. The Morgan fingerprint density at radius 2 is 1.82 bits per heavy atom. The second-order valence-corrected chi connectivity index (χ2v) is 3.91. The van der Waals surface area contributed by atoms with Crippen molar-refractivity contribution in [1.82, 2.24) is 4.90 Å². The van der Waals surface area contributed by atoms with Gasteiger partial charge in [0.15, 0.2) is 0 Å². The summed E-state index contributed by atoms with van der Waals surface area (Å²) >= 11 is 0. The Labute approximate surface area is 102 Å². The van der Waals surface area contributed by atoms with Gasteiger partial charge in [-0.05, 0) is 30.8 Å². The number of nitrogens with zero attached hydrogens (tertiary/aromatic N) is 1. The van der Waals surface area contributed by atoms with E-state index in [4.69, 9.17) is 17.2 Å². The standard InChI is InChI=1S/C12H20N4O/c1-3-16(4-2)11(12(15)17)8-5-6-9(13)10(14)7-8/h5-7,11H,3-4,13-14H2,1-2H3,(H2,15,17). The van der Waals surface area contributed by atoms with Gasteiger partial charge in [-0.15, -0.1) is 0 Å². The van der Waals surface area contributed by atoms with Crippen molar-refractivity contribution in [3.05, 3.63) is 23.8 Å². The molecule has 0 fully saturated rings. The monoisotopic (exact) mass is 236 g/mol. The van der Waals surface area contributed by atoms with E-state index in [0.29, 0.717) is 11.4 Å². The maximum absolute atomic E-state index is 11.6. The van der Waals surface area contributed by atoms with Gasteiger partial charge < -0.3 is 17.2 Å². The smallest absolute Gasteiger partial charge is 0.239 e. The van der Waals surface area contributed by atoms with E-state index >= 15 is 0 Å². The van der Waals surface area contributed by atoms with Crippen molar-refractivity contribution in [2.45, 2.75) is 19.9 Å². The van der Waals surface area contributed by atoms with E-state index < -0.39 is 6.04 Å². The van der Waals surface area contributed by atoms with E-state index in [1.54, 1.807) is 18.2 Å². The molecule has 17 heavy (non-hydrogen) atoms. The first-order chi connectivity index (χ1) is 8.01. The molecular formula is C12H20N4O. The molecule has 1 aromatic carbocycles. The van der Waals surface area contributed by atoms with Gasteiger partial charge in [-0.2, -0.15) is 0 Å². The fraction of sp³-hybridized carbons (Fsp3) is 0.417.